The van der Waals surface area contributed by atoms with Crippen molar-refractivity contribution in [3.05, 3.63) is 70.2 Å². The Morgan fingerprint density at radius 1 is 1.24 bits per heavy atom. The van der Waals surface area contributed by atoms with Gasteiger partial charge in [-0.3, -0.25) is 4.79 Å². The molecule has 0 unspecified atom stereocenters. The maximum atomic E-state index is 12.0. The van der Waals surface area contributed by atoms with Crippen LogP contribution in [0.4, 0.5) is 5.69 Å². The highest BCUT2D eigenvalue weighted by atomic mass is 79.9. The molecule has 0 aliphatic heterocycles. The van der Waals surface area contributed by atoms with E-state index in [-0.39, 0.29) is 11.9 Å². The lowest BCUT2D eigenvalue weighted by Gasteiger charge is -2.14. The number of nitrogens with two attached hydrogens (primary N) is 1. The van der Waals surface area contributed by atoms with Crippen molar-refractivity contribution in [2.45, 2.75) is 13.0 Å². The lowest BCUT2D eigenvalue weighted by molar-refractivity contribution is -0.117. The molecule has 0 heterocycles. The van der Waals surface area contributed by atoms with Crippen LogP contribution in [0.2, 0.25) is 0 Å². The third-order valence-corrected chi connectivity index (χ3v) is 3.79. The van der Waals surface area contributed by atoms with Crippen LogP contribution in [0.5, 0.6) is 0 Å². The summed E-state index contributed by atoms with van der Waals surface area (Å²) in [5, 5.41) is 2.93. The molecule has 3 nitrogen and oxygen atoms in total. The van der Waals surface area contributed by atoms with Crippen LogP contribution in [0.3, 0.4) is 0 Å². The van der Waals surface area contributed by atoms with E-state index in [0.29, 0.717) is 5.69 Å². The summed E-state index contributed by atoms with van der Waals surface area (Å²) < 4.78 is 0.984. The number of carbonyl (C=O) groups is 1. The van der Waals surface area contributed by atoms with Gasteiger partial charge in [0.2, 0.25) is 5.91 Å². The van der Waals surface area contributed by atoms with Gasteiger partial charge in [-0.2, -0.15) is 0 Å². The molecular weight excluding hydrogens is 328 g/mol. The summed E-state index contributed by atoms with van der Waals surface area (Å²) in [7, 11) is 0. The minimum absolute atomic E-state index is 0.0708. The molecule has 21 heavy (non-hydrogen) atoms. The number of amides is 1. The van der Waals surface area contributed by atoms with E-state index >= 15 is 0 Å². The topological polar surface area (TPSA) is 55.1 Å². The largest absolute Gasteiger partial charge is 0.399 e. The second-order valence-electron chi connectivity index (χ2n) is 4.76. The molecule has 2 rings (SSSR count). The summed E-state index contributed by atoms with van der Waals surface area (Å²) in [4.78, 5) is 12.0. The molecule has 0 saturated carbocycles. The SMILES string of the molecule is C[C@H](NC(=O)/C=C/c1cccc(N)c1)c1ccccc1Br. The van der Waals surface area contributed by atoms with Crippen molar-refractivity contribution in [1.82, 2.24) is 5.32 Å². The first kappa shape index (κ1) is 15.3. The molecule has 1 atom stereocenters. The van der Waals surface area contributed by atoms with Gasteiger partial charge >= 0.3 is 0 Å². The molecule has 0 fully saturated rings. The fraction of sp³-hybridized carbons (Fsp3) is 0.118. The zero-order chi connectivity index (χ0) is 15.2. The summed E-state index contributed by atoms with van der Waals surface area (Å²) >= 11 is 3.49. The van der Waals surface area contributed by atoms with Crippen molar-refractivity contribution < 1.29 is 4.79 Å². The van der Waals surface area contributed by atoms with Crippen molar-refractivity contribution in [3.8, 4) is 0 Å². The van der Waals surface area contributed by atoms with Crippen LogP contribution < -0.4 is 11.1 Å². The number of anilines is 1. The maximum absolute atomic E-state index is 12.0. The number of nitrogens with one attached hydrogen (secondary N) is 1. The molecule has 0 aliphatic rings. The van der Waals surface area contributed by atoms with Crippen molar-refractivity contribution in [2.24, 2.45) is 0 Å². The Balaban J connectivity index is 2.00. The van der Waals surface area contributed by atoms with Crippen LogP contribution in [0.15, 0.2) is 59.1 Å². The molecule has 3 N–H and O–H groups in total. The minimum Gasteiger partial charge on any atom is -0.399 e. The van der Waals surface area contributed by atoms with Gasteiger partial charge in [0.15, 0.2) is 0 Å². The number of rotatable bonds is 4. The molecule has 4 heteroatoms. The first-order valence-corrected chi connectivity index (χ1v) is 7.44. The third kappa shape index (κ3) is 4.46. The molecule has 0 aliphatic carbocycles. The summed E-state index contributed by atoms with van der Waals surface area (Å²) in [5.74, 6) is -0.138. The molecule has 2 aromatic rings. The van der Waals surface area contributed by atoms with Crippen LogP contribution in [0.1, 0.15) is 24.1 Å². The van der Waals surface area contributed by atoms with Gasteiger partial charge in [-0.25, -0.2) is 0 Å². The first-order chi connectivity index (χ1) is 10.1. The van der Waals surface area contributed by atoms with Gasteiger partial charge < -0.3 is 11.1 Å². The van der Waals surface area contributed by atoms with Gasteiger partial charge in [0.1, 0.15) is 0 Å². The molecule has 108 valence electrons. The van der Waals surface area contributed by atoms with E-state index in [1.807, 2.05) is 55.5 Å². The average Bonchev–Trinajstić information content (AvgIpc) is 2.45. The molecule has 2 aromatic carbocycles. The molecule has 0 saturated heterocycles. The Hall–Kier alpha value is -2.07. The van der Waals surface area contributed by atoms with E-state index in [0.717, 1.165) is 15.6 Å². The summed E-state index contributed by atoms with van der Waals surface area (Å²) in [6.07, 6.45) is 3.26. The second-order valence-corrected chi connectivity index (χ2v) is 5.61. The van der Waals surface area contributed by atoms with Gasteiger partial charge in [-0.1, -0.05) is 46.3 Å². The van der Waals surface area contributed by atoms with Crippen molar-refractivity contribution >= 4 is 33.6 Å². The van der Waals surface area contributed by atoms with E-state index < -0.39 is 0 Å². The summed E-state index contributed by atoms with van der Waals surface area (Å²) in [5.41, 5.74) is 8.32. The number of halogens is 1. The Bertz CT molecular complexity index is 667. The lowest BCUT2D eigenvalue weighted by atomic mass is 10.1. The van der Waals surface area contributed by atoms with Crippen LogP contribution in [0.25, 0.3) is 6.08 Å². The quantitative estimate of drug-likeness (QED) is 0.652. The highest BCUT2D eigenvalue weighted by Gasteiger charge is 2.09. The normalized spacial score (nSPS) is 12.3. The Morgan fingerprint density at radius 3 is 2.71 bits per heavy atom. The number of nitrogen functional groups attached to an aromatic ring is 1. The lowest BCUT2D eigenvalue weighted by Crippen LogP contribution is -2.24. The number of hydrogen-bond donors (Lipinski definition) is 2. The minimum atomic E-state index is -0.138. The fourth-order valence-electron chi connectivity index (χ4n) is 2.00. The summed E-state index contributed by atoms with van der Waals surface area (Å²) in [6.45, 7) is 1.95. The van der Waals surface area contributed by atoms with Gasteiger partial charge in [0, 0.05) is 16.2 Å². The van der Waals surface area contributed by atoms with Crippen LogP contribution in [0, 0.1) is 0 Å². The zero-order valence-electron chi connectivity index (χ0n) is 11.7. The monoisotopic (exact) mass is 344 g/mol. The molecule has 0 bridgehead atoms. The highest BCUT2D eigenvalue weighted by molar-refractivity contribution is 9.10. The molecule has 1 amide bonds. The zero-order valence-corrected chi connectivity index (χ0v) is 13.3. The molecule has 0 aromatic heterocycles. The van der Waals surface area contributed by atoms with E-state index in [2.05, 4.69) is 21.2 Å². The van der Waals surface area contributed by atoms with E-state index in [1.54, 1.807) is 6.08 Å². The van der Waals surface area contributed by atoms with Crippen molar-refractivity contribution in [1.29, 1.82) is 0 Å². The highest BCUT2D eigenvalue weighted by Crippen LogP contribution is 2.22. The Morgan fingerprint density at radius 2 is 2.00 bits per heavy atom. The number of benzene rings is 2. The number of hydrogen-bond acceptors (Lipinski definition) is 2. The number of carbonyl (C=O) groups excluding carboxylic acids is 1. The van der Waals surface area contributed by atoms with E-state index in [4.69, 9.17) is 5.73 Å². The Kier molecular flexibility index (Phi) is 5.17. The standard InChI is InChI=1S/C17H17BrN2O/c1-12(15-7-2-3-8-16(15)18)20-17(21)10-9-13-5-4-6-14(19)11-13/h2-12H,19H2,1H3,(H,20,21)/b10-9+/t12-/m0/s1. The third-order valence-electron chi connectivity index (χ3n) is 3.07. The van der Waals surface area contributed by atoms with Crippen LogP contribution in [-0.4, -0.2) is 5.91 Å². The maximum Gasteiger partial charge on any atom is 0.244 e. The van der Waals surface area contributed by atoms with Gasteiger partial charge in [0.25, 0.3) is 0 Å². The smallest absolute Gasteiger partial charge is 0.244 e. The van der Waals surface area contributed by atoms with E-state index in [9.17, 15) is 4.79 Å². The van der Waals surface area contributed by atoms with Crippen molar-refractivity contribution in [3.63, 3.8) is 0 Å². The van der Waals surface area contributed by atoms with Crippen LogP contribution >= 0.6 is 15.9 Å². The first-order valence-electron chi connectivity index (χ1n) is 6.65. The van der Waals surface area contributed by atoms with Gasteiger partial charge in [0.05, 0.1) is 6.04 Å². The van der Waals surface area contributed by atoms with Gasteiger partial charge in [-0.15, -0.1) is 0 Å². The average molecular weight is 345 g/mol. The van der Waals surface area contributed by atoms with Crippen LogP contribution in [-0.2, 0) is 4.79 Å². The molecular formula is C17H17BrN2O. The second kappa shape index (κ2) is 7.09. The predicted octanol–water partition coefficient (Wildman–Crippen LogP) is 3.92. The predicted molar refractivity (Wildman–Crippen MR) is 90.6 cm³/mol. The van der Waals surface area contributed by atoms with Crippen molar-refractivity contribution in [2.75, 3.05) is 5.73 Å². The van der Waals surface area contributed by atoms with Gasteiger partial charge in [-0.05, 0) is 42.3 Å². The molecule has 0 spiro atoms. The van der Waals surface area contributed by atoms with E-state index in [1.165, 1.54) is 6.08 Å². The molecule has 0 radical (unpaired) electrons. The Labute approximate surface area is 133 Å². The summed E-state index contributed by atoms with van der Waals surface area (Å²) in [6, 6.07) is 15.2. The fourth-order valence-corrected chi connectivity index (χ4v) is 2.63.